The van der Waals surface area contributed by atoms with E-state index in [0.717, 1.165) is 22.5 Å². The number of nitrogens with zero attached hydrogens (tertiary/aromatic N) is 1. The van der Waals surface area contributed by atoms with Crippen LogP contribution in [0.3, 0.4) is 0 Å². The summed E-state index contributed by atoms with van der Waals surface area (Å²) in [6, 6.07) is 0.960. The number of halogens is 1. The summed E-state index contributed by atoms with van der Waals surface area (Å²) in [5.41, 5.74) is 0. The Bertz CT molecular complexity index is 204. The van der Waals surface area contributed by atoms with Crippen molar-refractivity contribution in [3.05, 3.63) is 0 Å². The van der Waals surface area contributed by atoms with E-state index in [1.807, 2.05) is 7.11 Å². The van der Waals surface area contributed by atoms with Gasteiger partial charge in [-0.25, -0.2) is 0 Å². The molecule has 0 aromatic rings. The van der Waals surface area contributed by atoms with Crippen LogP contribution in [0.5, 0.6) is 0 Å². The zero-order valence-electron chi connectivity index (χ0n) is 10.6. The predicted octanol–water partition coefficient (Wildman–Crippen LogP) is -1.02. The molecule has 2 fully saturated rings. The molecule has 2 nitrogen and oxygen atoms in total. The molecule has 1 heterocycles. The fraction of sp³-hybridized carbons (Fsp3) is 1.00. The average Bonchev–Trinajstić information content (AvgIpc) is 2.78. The van der Waals surface area contributed by atoms with E-state index in [4.69, 9.17) is 4.74 Å². The Morgan fingerprint density at radius 2 is 1.94 bits per heavy atom. The summed E-state index contributed by atoms with van der Waals surface area (Å²) in [6.45, 7) is 3.64. The molecule has 0 spiro atoms. The first kappa shape index (κ1) is 13.1. The molecule has 16 heavy (non-hydrogen) atoms. The number of methoxy groups -OCH3 is 1. The fourth-order valence-electron chi connectivity index (χ4n) is 3.25. The van der Waals surface area contributed by atoms with Gasteiger partial charge in [0, 0.05) is 0 Å². The first-order valence-corrected chi connectivity index (χ1v) is 9.96. The van der Waals surface area contributed by atoms with Gasteiger partial charge in [-0.05, 0) is 0 Å². The van der Waals surface area contributed by atoms with E-state index in [1.165, 1.54) is 45.2 Å². The Kier molecular flexibility index (Phi) is 5.36. The number of alkyl halides is 2. The Morgan fingerprint density at radius 1 is 1.19 bits per heavy atom. The first-order valence-electron chi connectivity index (χ1n) is 6.56. The molecule has 3 heteroatoms. The second-order valence-corrected chi connectivity index (χ2v) is 8.01. The molecule has 0 amide bonds. The Balaban J connectivity index is 1.79. The van der Waals surface area contributed by atoms with Gasteiger partial charge in [0.2, 0.25) is 0 Å². The van der Waals surface area contributed by atoms with Gasteiger partial charge in [-0.2, -0.15) is 0 Å². The normalized spacial score (nSPS) is 33.6. The number of ether oxygens (including phenoxy) is 1. The molecular weight excluding hydrogens is 313 g/mol. The van der Waals surface area contributed by atoms with E-state index >= 15 is 0 Å². The van der Waals surface area contributed by atoms with Crippen molar-refractivity contribution in [1.29, 1.82) is 0 Å². The summed E-state index contributed by atoms with van der Waals surface area (Å²) in [7, 11) is 1.83. The number of likely N-dealkylation sites (tertiary alicyclic amines) is 1. The molecule has 0 radical (unpaired) electrons. The van der Waals surface area contributed by atoms with E-state index < -0.39 is 0 Å². The van der Waals surface area contributed by atoms with Crippen molar-refractivity contribution in [2.24, 2.45) is 5.92 Å². The molecule has 1 aliphatic heterocycles. The van der Waals surface area contributed by atoms with E-state index in [0.29, 0.717) is 21.2 Å². The molecule has 1 saturated heterocycles. The van der Waals surface area contributed by atoms with Gasteiger partial charge >= 0.3 is 111 Å². The molecule has 1 saturated carbocycles. The van der Waals surface area contributed by atoms with Crippen LogP contribution < -0.4 is 21.2 Å². The second kappa shape index (κ2) is 6.55. The third-order valence-corrected chi connectivity index (χ3v) is 7.25. The molecule has 2 aliphatic rings. The van der Waals surface area contributed by atoms with Crippen molar-refractivity contribution >= 4 is 0 Å². The molecule has 1 aliphatic carbocycles. The predicted molar refractivity (Wildman–Crippen MR) is 63.5 cm³/mol. The van der Waals surface area contributed by atoms with Crippen molar-refractivity contribution in [1.82, 2.24) is 4.90 Å². The number of piperidine rings is 1. The van der Waals surface area contributed by atoms with Crippen LogP contribution in [0.2, 0.25) is 0 Å². The van der Waals surface area contributed by atoms with Crippen LogP contribution >= 0.6 is 0 Å². The van der Waals surface area contributed by atoms with Gasteiger partial charge in [0.15, 0.2) is 0 Å². The SMILES string of the molecule is COCC1CCN(C2CCCC2[I-]C)CC1. The minimum absolute atomic E-state index is 0.452. The molecule has 96 valence electrons. The van der Waals surface area contributed by atoms with Crippen LogP contribution in [0, 0.1) is 5.92 Å². The molecule has 2 rings (SSSR count). The standard InChI is InChI=1S/C13H25INO/c1-14-12-4-3-5-13(12)15-8-6-11(7-9-15)10-16-2/h11-13H,3-10H2,1-2H3/q-1. The van der Waals surface area contributed by atoms with Crippen LogP contribution in [-0.4, -0.2) is 46.6 Å². The van der Waals surface area contributed by atoms with E-state index in [9.17, 15) is 0 Å². The summed E-state index contributed by atoms with van der Waals surface area (Å²) in [6.07, 6.45) is 7.21. The van der Waals surface area contributed by atoms with Crippen LogP contribution in [0.25, 0.3) is 0 Å². The van der Waals surface area contributed by atoms with Crippen molar-refractivity contribution in [3.63, 3.8) is 0 Å². The van der Waals surface area contributed by atoms with Crippen molar-refractivity contribution in [3.8, 4) is 0 Å². The van der Waals surface area contributed by atoms with Gasteiger partial charge in [-0.15, -0.1) is 0 Å². The third-order valence-electron chi connectivity index (χ3n) is 4.20. The summed E-state index contributed by atoms with van der Waals surface area (Å²) in [5.74, 6) is 0.831. The van der Waals surface area contributed by atoms with E-state index in [1.54, 1.807) is 0 Å². The molecule has 0 bridgehead atoms. The first-order chi connectivity index (χ1) is 7.85. The summed E-state index contributed by atoms with van der Waals surface area (Å²) < 4.78 is 6.37. The fourth-order valence-corrected chi connectivity index (χ4v) is 5.96. The summed E-state index contributed by atoms with van der Waals surface area (Å²) >= 11 is 0.452. The number of rotatable bonds is 4. The summed E-state index contributed by atoms with van der Waals surface area (Å²) in [5, 5.41) is 0. The molecule has 2 unspecified atom stereocenters. The quantitative estimate of drug-likeness (QED) is 0.481. The molecule has 0 N–H and O–H groups in total. The van der Waals surface area contributed by atoms with Crippen molar-refractivity contribution in [2.45, 2.75) is 42.1 Å². The molecular formula is C13H25INO-. The van der Waals surface area contributed by atoms with Gasteiger partial charge in [-0.3, -0.25) is 0 Å². The van der Waals surface area contributed by atoms with Crippen LogP contribution in [0.4, 0.5) is 0 Å². The third kappa shape index (κ3) is 3.10. The van der Waals surface area contributed by atoms with Gasteiger partial charge in [0.05, 0.1) is 0 Å². The zero-order chi connectivity index (χ0) is 11.4. The van der Waals surface area contributed by atoms with Gasteiger partial charge in [0.25, 0.3) is 0 Å². The van der Waals surface area contributed by atoms with Crippen molar-refractivity contribution in [2.75, 3.05) is 31.7 Å². The van der Waals surface area contributed by atoms with Gasteiger partial charge in [0.1, 0.15) is 0 Å². The van der Waals surface area contributed by atoms with E-state index in [2.05, 4.69) is 9.83 Å². The maximum absolute atomic E-state index is 5.27. The Morgan fingerprint density at radius 3 is 2.56 bits per heavy atom. The minimum atomic E-state index is 0.452. The van der Waals surface area contributed by atoms with Crippen molar-refractivity contribution < 1.29 is 25.9 Å². The van der Waals surface area contributed by atoms with Gasteiger partial charge in [-0.1, -0.05) is 0 Å². The second-order valence-electron chi connectivity index (χ2n) is 5.17. The molecule has 0 aromatic carbocycles. The van der Waals surface area contributed by atoms with Crippen LogP contribution in [0.1, 0.15) is 32.1 Å². The Hall–Kier alpha value is 0.650. The zero-order valence-corrected chi connectivity index (χ0v) is 12.8. The average molecular weight is 338 g/mol. The van der Waals surface area contributed by atoms with Crippen LogP contribution in [-0.2, 0) is 4.74 Å². The topological polar surface area (TPSA) is 12.5 Å². The number of hydrogen-bond acceptors (Lipinski definition) is 2. The Labute approximate surface area is 110 Å². The number of hydrogen-bond donors (Lipinski definition) is 0. The van der Waals surface area contributed by atoms with E-state index in [-0.39, 0.29) is 0 Å². The monoisotopic (exact) mass is 338 g/mol. The molecule has 0 aromatic heterocycles. The molecule has 2 atom stereocenters. The summed E-state index contributed by atoms with van der Waals surface area (Å²) in [4.78, 5) is 5.27. The maximum atomic E-state index is 5.27. The van der Waals surface area contributed by atoms with Crippen LogP contribution in [0.15, 0.2) is 0 Å². The van der Waals surface area contributed by atoms with Gasteiger partial charge < -0.3 is 0 Å².